The number of hydrogen-bond acceptors (Lipinski definition) is 3. The Morgan fingerprint density at radius 1 is 1.48 bits per heavy atom. The van der Waals surface area contributed by atoms with Gasteiger partial charge in [0.1, 0.15) is 12.4 Å². The van der Waals surface area contributed by atoms with Gasteiger partial charge in [-0.1, -0.05) is 17.7 Å². The van der Waals surface area contributed by atoms with Crippen LogP contribution in [0.2, 0.25) is 5.02 Å². The molecule has 0 aliphatic rings. The lowest BCUT2D eigenvalue weighted by Gasteiger charge is -2.12. The average Bonchev–Trinajstić information content (AvgIpc) is 2.72. The van der Waals surface area contributed by atoms with E-state index in [0.29, 0.717) is 17.4 Å². The summed E-state index contributed by atoms with van der Waals surface area (Å²) in [7, 11) is 0. The smallest absolute Gasteiger partial charge is 0.138 e. The molecule has 0 amide bonds. The Morgan fingerprint density at radius 2 is 2.19 bits per heavy atom. The van der Waals surface area contributed by atoms with Crippen LogP contribution in [0.3, 0.4) is 0 Å². The third-order valence-corrected chi connectivity index (χ3v) is 4.63. The van der Waals surface area contributed by atoms with Gasteiger partial charge in [-0.3, -0.25) is 4.68 Å². The average molecular weight is 373 g/mol. The molecule has 0 saturated carbocycles. The summed E-state index contributed by atoms with van der Waals surface area (Å²) in [6, 6.07) is 5.59. The first-order valence-electron chi connectivity index (χ1n) is 6.83. The number of benzene rings is 1. The topological polar surface area (TPSA) is 53.1 Å². The van der Waals surface area contributed by atoms with E-state index in [4.69, 9.17) is 22.1 Å². The molecule has 2 rings (SSSR count). The minimum Gasteiger partial charge on any atom is -0.486 e. The molecule has 0 radical (unpaired) electrons. The summed E-state index contributed by atoms with van der Waals surface area (Å²) in [5.74, 6) is 0.648. The Morgan fingerprint density at radius 3 is 2.76 bits per heavy atom. The lowest BCUT2D eigenvalue weighted by atomic mass is 10.1. The summed E-state index contributed by atoms with van der Waals surface area (Å²) in [6.07, 6.45) is 0. The number of nitrogens with zero attached hydrogens (tertiary/aromatic N) is 2. The van der Waals surface area contributed by atoms with Crippen molar-refractivity contribution in [1.29, 1.82) is 0 Å². The zero-order chi connectivity index (χ0) is 15.6. The largest absolute Gasteiger partial charge is 0.486 e. The minimum absolute atomic E-state index is 0.0464. The Labute approximate surface area is 138 Å². The number of halogens is 2. The molecule has 21 heavy (non-hydrogen) atoms. The molecule has 1 unspecified atom stereocenters. The maximum atomic E-state index is 6.24. The van der Waals surface area contributed by atoms with Crippen LogP contribution in [0.1, 0.15) is 36.8 Å². The highest BCUT2D eigenvalue weighted by Crippen LogP contribution is 2.29. The van der Waals surface area contributed by atoms with Gasteiger partial charge in [0.05, 0.1) is 20.9 Å². The number of rotatable bonds is 5. The number of aromatic nitrogens is 2. The lowest BCUT2D eigenvalue weighted by Crippen LogP contribution is -2.07. The molecule has 0 aliphatic heterocycles. The number of nitrogens with two attached hydrogens (primary N) is 1. The molecule has 2 N–H and O–H groups in total. The van der Waals surface area contributed by atoms with Crippen molar-refractivity contribution in [3.8, 4) is 5.75 Å². The van der Waals surface area contributed by atoms with Crippen molar-refractivity contribution in [3.63, 3.8) is 0 Å². The van der Waals surface area contributed by atoms with Crippen LogP contribution in [0.15, 0.2) is 22.7 Å². The number of aryl methyl sites for hydroxylation is 2. The first-order chi connectivity index (χ1) is 9.93. The Balaban J connectivity index is 2.17. The molecule has 1 heterocycles. The SMILES string of the molecule is CCn1nc(C)c(Br)c1COc1ccc(C(C)N)cc1Cl. The molecular formula is C15H19BrClN3O. The molecule has 114 valence electrons. The molecule has 0 aliphatic carbocycles. The maximum absolute atomic E-state index is 6.24. The summed E-state index contributed by atoms with van der Waals surface area (Å²) in [5, 5.41) is 5.01. The van der Waals surface area contributed by atoms with Gasteiger partial charge in [0, 0.05) is 12.6 Å². The van der Waals surface area contributed by atoms with Gasteiger partial charge in [-0.25, -0.2) is 0 Å². The second-order valence-electron chi connectivity index (χ2n) is 4.93. The van der Waals surface area contributed by atoms with Crippen molar-refractivity contribution >= 4 is 27.5 Å². The van der Waals surface area contributed by atoms with E-state index in [1.807, 2.05) is 43.7 Å². The molecule has 0 bridgehead atoms. The normalized spacial score (nSPS) is 12.5. The van der Waals surface area contributed by atoms with Crippen LogP contribution in [-0.4, -0.2) is 9.78 Å². The van der Waals surface area contributed by atoms with Crippen LogP contribution < -0.4 is 10.5 Å². The van der Waals surface area contributed by atoms with Crippen LogP contribution in [0.25, 0.3) is 0 Å². The fourth-order valence-corrected chi connectivity index (χ4v) is 2.71. The Hall–Kier alpha value is -1.04. The second-order valence-corrected chi connectivity index (χ2v) is 6.13. The molecule has 1 atom stereocenters. The first kappa shape index (κ1) is 16.3. The molecule has 6 heteroatoms. The van der Waals surface area contributed by atoms with Crippen LogP contribution in [0.5, 0.6) is 5.75 Å². The lowest BCUT2D eigenvalue weighted by molar-refractivity contribution is 0.292. The third-order valence-electron chi connectivity index (χ3n) is 3.30. The van der Waals surface area contributed by atoms with Gasteiger partial charge < -0.3 is 10.5 Å². The number of hydrogen-bond donors (Lipinski definition) is 1. The first-order valence-corrected chi connectivity index (χ1v) is 8.00. The molecule has 0 saturated heterocycles. The fraction of sp³-hybridized carbons (Fsp3) is 0.400. The van der Waals surface area contributed by atoms with Crippen LogP contribution >= 0.6 is 27.5 Å². The molecule has 0 spiro atoms. The highest BCUT2D eigenvalue weighted by molar-refractivity contribution is 9.10. The summed E-state index contributed by atoms with van der Waals surface area (Å²) in [4.78, 5) is 0. The predicted octanol–water partition coefficient (Wildman–Crippen LogP) is 4.23. The van der Waals surface area contributed by atoms with Gasteiger partial charge in [-0.2, -0.15) is 5.10 Å². The van der Waals surface area contributed by atoms with Gasteiger partial charge in [-0.05, 0) is 54.4 Å². The number of ether oxygens (including phenoxy) is 1. The van der Waals surface area contributed by atoms with Gasteiger partial charge in [0.15, 0.2) is 0 Å². The molecule has 4 nitrogen and oxygen atoms in total. The monoisotopic (exact) mass is 371 g/mol. The zero-order valence-corrected chi connectivity index (χ0v) is 14.7. The molecular weight excluding hydrogens is 354 g/mol. The van der Waals surface area contributed by atoms with E-state index in [9.17, 15) is 0 Å². The van der Waals surface area contributed by atoms with E-state index in [1.165, 1.54) is 0 Å². The molecule has 1 aromatic carbocycles. The quantitative estimate of drug-likeness (QED) is 0.854. The van der Waals surface area contributed by atoms with Crippen molar-refractivity contribution in [1.82, 2.24) is 9.78 Å². The summed E-state index contributed by atoms with van der Waals surface area (Å²) in [5.41, 5.74) is 8.78. The van der Waals surface area contributed by atoms with E-state index in [2.05, 4.69) is 21.0 Å². The van der Waals surface area contributed by atoms with Crippen molar-refractivity contribution in [3.05, 3.63) is 44.6 Å². The maximum Gasteiger partial charge on any atom is 0.138 e. The summed E-state index contributed by atoms with van der Waals surface area (Å²) >= 11 is 9.80. The molecule has 1 aromatic heterocycles. The second kappa shape index (κ2) is 6.81. The fourth-order valence-electron chi connectivity index (χ4n) is 2.07. The highest BCUT2D eigenvalue weighted by atomic mass is 79.9. The zero-order valence-electron chi connectivity index (χ0n) is 12.4. The van der Waals surface area contributed by atoms with Gasteiger partial charge >= 0.3 is 0 Å². The van der Waals surface area contributed by atoms with Crippen molar-refractivity contribution in [2.45, 2.75) is 40.0 Å². The standard InChI is InChI=1S/C15H19BrClN3O/c1-4-20-13(15(16)10(3)19-20)8-21-14-6-5-11(9(2)18)7-12(14)17/h5-7,9H,4,8,18H2,1-3H3. The van der Waals surface area contributed by atoms with Crippen LogP contribution in [0, 0.1) is 6.92 Å². The van der Waals surface area contributed by atoms with E-state index >= 15 is 0 Å². The van der Waals surface area contributed by atoms with Crippen LogP contribution in [-0.2, 0) is 13.2 Å². The minimum atomic E-state index is -0.0464. The molecule has 2 aromatic rings. The van der Waals surface area contributed by atoms with E-state index in [1.54, 1.807) is 0 Å². The van der Waals surface area contributed by atoms with Crippen molar-refractivity contribution in [2.75, 3.05) is 0 Å². The van der Waals surface area contributed by atoms with Gasteiger partial charge in [-0.15, -0.1) is 0 Å². The third kappa shape index (κ3) is 3.59. The van der Waals surface area contributed by atoms with E-state index in [0.717, 1.165) is 28.0 Å². The predicted molar refractivity (Wildman–Crippen MR) is 88.7 cm³/mol. The van der Waals surface area contributed by atoms with Gasteiger partial charge in [0.25, 0.3) is 0 Å². The van der Waals surface area contributed by atoms with Gasteiger partial charge in [0.2, 0.25) is 0 Å². The summed E-state index contributed by atoms with van der Waals surface area (Å²) < 4.78 is 8.73. The van der Waals surface area contributed by atoms with Crippen LogP contribution in [0.4, 0.5) is 0 Å². The van der Waals surface area contributed by atoms with E-state index < -0.39 is 0 Å². The highest BCUT2D eigenvalue weighted by Gasteiger charge is 2.13. The Kier molecular flexibility index (Phi) is 5.30. The Bertz CT molecular complexity index is 640. The van der Waals surface area contributed by atoms with Crippen molar-refractivity contribution in [2.24, 2.45) is 5.73 Å². The van der Waals surface area contributed by atoms with E-state index in [-0.39, 0.29) is 6.04 Å². The summed E-state index contributed by atoms with van der Waals surface area (Å²) in [6.45, 7) is 7.14. The molecule has 0 fully saturated rings. The van der Waals surface area contributed by atoms with Crippen molar-refractivity contribution < 1.29 is 4.74 Å².